The van der Waals surface area contributed by atoms with Crippen molar-refractivity contribution in [1.82, 2.24) is 4.72 Å². The van der Waals surface area contributed by atoms with Gasteiger partial charge in [-0.05, 0) is 34.1 Å². The van der Waals surface area contributed by atoms with Gasteiger partial charge >= 0.3 is 5.97 Å². The second-order valence-electron chi connectivity index (χ2n) is 5.11. The molecule has 0 aliphatic carbocycles. The number of hydrogen-bond donors (Lipinski definition) is 1. The maximum absolute atomic E-state index is 12.0. The van der Waals surface area contributed by atoms with E-state index in [0.717, 1.165) is 0 Å². The Labute approximate surface area is 105 Å². The standard InChI is InChI=1S/C12H21NO3S/c1-5-6-10(9-7-8-16-11(9)14)13-17(15)12(2,3)4/h5-6,9-10,13H,7-8H2,1-4H3/b6-5+. The lowest BCUT2D eigenvalue weighted by Gasteiger charge is -2.24. The van der Waals surface area contributed by atoms with Gasteiger partial charge < -0.3 is 4.74 Å². The quantitative estimate of drug-likeness (QED) is 0.615. The van der Waals surface area contributed by atoms with E-state index in [1.165, 1.54) is 0 Å². The number of carbonyl (C=O) groups is 1. The lowest BCUT2D eigenvalue weighted by atomic mass is 9.99. The van der Waals surface area contributed by atoms with Crippen molar-refractivity contribution < 1.29 is 13.7 Å². The Morgan fingerprint density at radius 3 is 2.59 bits per heavy atom. The topological polar surface area (TPSA) is 55.4 Å². The van der Waals surface area contributed by atoms with Gasteiger partial charge in [-0.3, -0.25) is 4.79 Å². The molecule has 3 atom stereocenters. The first-order valence-electron chi connectivity index (χ1n) is 5.83. The summed E-state index contributed by atoms with van der Waals surface area (Å²) in [5, 5.41) is 0. The molecule has 4 nitrogen and oxygen atoms in total. The first-order valence-corrected chi connectivity index (χ1v) is 6.98. The number of cyclic esters (lactones) is 1. The Morgan fingerprint density at radius 1 is 1.53 bits per heavy atom. The van der Waals surface area contributed by atoms with Gasteiger partial charge in [-0.2, -0.15) is 0 Å². The molecule has 1 rings (SSSR count). The third-order valence-corrected chi connectivity index (χ3v) is 4.21. The first kappa shape index (κ1) is 14.4. The van der Waals surface area contributed by atoms with Crippen molar-refractivity contribution in [2.45, 2.75) is 44.9 Å². The summed E-state index contributed by atoms with van der Waals surface area (Å²) >= 11 is 0. The summed E-state index contributed by atoms with van der Waals surface area (Å²) in [6.45, 7) is 8.04. The van der Waals surface area contributed by atoms with Crippen LogP contribution in [0.2, 0.25) is 0 Å². The highest BCUT2D eigenvalue weighted by atomic mass is 32.2. The van der Waals surface area contributed by atoms with Gasteiger partial charge in [0.25, 0.3) is 0 Å². The second-order valence-corrected chi connectivity index (χ2v) is 7.11. The van der Waals surface area contributed by atoms with Crippen molar-refractivity contribution in [2.24, 2.45) is 5.92 Å². The van der Waals surface area contributed by atoms with Crippen LogP contribution in [-0.2, 0) is 20.5 Å². The van der Waals surface area contributed by atoms with Crippen LogP contribution in [-0.4, -0.2) is 27.6 Å². The summed E-state index contributed by atoms with van der Waals surface area (Å²) in [5.41, 5.74) is 0. The van der Waals surface area contributed by atoms with E-state index < -0.39 is 11.0 Å². The van der Waals surface area contributed by atoms with E-state index in [2.05, 4.69) is 4.72 Å². The number of rotatable bonds is 4. The molecule has 1 fully saturated rings. The third kappa shape index (κ3) is 3.92. The zero-order valence-electron chi connectivity index (χ0n) is 10.9. The number of ether oxygens (including phenoxy) is 1. The number of allylic oxidation sites excluding steroid dienone is 1. The maximum Gasteiger partial charge on any atom is 0.311 e. The van der Waals surface area contributed by atoms with Crippen molar-refractivity contribution >= 4 is 17.0 Å². The van der Waals surface area contributed by atoms with E-state index in [1.54, 1.807) is 0 Å². The van der Waals surface area contributed by atoms with E-state index >= 15 is 0 Å². The molecule has 0 saturated carbocycles. The van der Waals surface area contributed by atoms with Crippen molar-refractivity contribution in [3.8, 4) is 0 Å². The molecule has 1 heterocycles. The van der Waals surface area contributed by atoms with Crippen LogP contribution < -0.4 is 4.72 Å². The molecule has 0 amide bonds. The van der Waals surface area contributed by atoms with Gasteiger partial charge in [0.05, 0.1) is 34.3 Å². The fourth-order valence-electron chi connectivity index (χ4n) is 1.60. The minimum absolute atomic E-state index is 0.202. The van der Waals surface area contributed by atoms with Gasteiger partial charge in [0.1, 0.15) is 0 Å². The fraction of sp³-hybridized carbons (Fsp3) is 0.750. The van der Waals surface area contributed by atoms with Crippen LogP contribution >= 0.6 is 0 Å². The predicted octanol–water partition coefficient (Wildman–Crippen LogP) is 1.55. The normalized spacial score (nSPS) is 24.9. The van der Waals surface area contributed by atoms with Crippen molar-refractivity contribution in [1.29, 1.82) is 0 Å². The van der Waals surface area contributed by atoms with Crippen LogP contribution in [0.5, 0.6) is 0 Å². The predicted molar refractivity (Wildman–Crippen MR) is 68.7 cm³/mol. The minimum atomic E-state index is -1.19. The Balaban J connectivity index is 2.73. The lowest BCUT2D eigenvalue weighted by Crippen LogP contribution is -2.43. The van der Waals surface area contributed by atoms with Crippen molar-refractivity contribution in [3.05, 3.63) is 12.2 Å². The molecule has 0 bridgehead atoms. The van der Waals surface area contributed by atoms with Crippen LogP contribution in [0.15, 0.2) is 12.2 Å². The third-order valence-electron chi connectivity index (χ3n) is 2.61. The summed E-state index contributed by atoms with van der Waals surface area (Å²) < 4.78 is 19.6. The SMILES string of the molecule is C/C=C/C(NS(=O)C(C)(C)C)C1CCOC1=O. The Bertz CT molecular complexity index is 333. The van der Waals surface area contributed by atoms with Gasteiger partial charge in [-0.15, -0.1) is 0 Å². The number of hydrogen-bond acceptors (Lipinski definition) is 3. The molecule has 1 saturated heterocycles. The Morgan fingerprint density at radius 2 is 2.18 bits per heavy atom. The average Bonchev–Trinajstić information content (AvgIpc) is 2.62. The molecule has 98 valence electrons. The highest BCUT2D eigenvalue weighted by Gasteiger charge is 2.35. The first-order chi connectivity index (χ1) is 7.86. The smallest absolute Gasteiger partial charge is 0.311 e. The summed E-state index contributed by atoms with van der Waals surface area (Å²) in [4.78, 5) is 11.5. The van der Waals surface area contributed by atoms with Gasteiger partial charge in [0, 0.05) is 0 Å². The van der Waals surface area contributed by atoms with E-state index in [4.69, 9.17) is 4.74 Å². The van der Waals surface area contributed by atoms with Crippen LogP contribution in [0.25, 0.3) is 0 Å². The van der Waals surface area contributed by atoms with Gasteiger partial charge in [-0.1, -0.05) is 12.2 Å². The zero-order chi connectivity index (χ0) is 13.1. The van der Waals surface area contributed by atoms with Crippen LogP contribution in [0.4, 0.5) is 0 Å². The summed E-state index contributed by atoms with van der Waals surface area (Å²) in [6.07, 6.45) is 4.42. The molecule has 0 aromatic carbocycles. The lowest BCUT2D eigenvalue weighted by molar-refractivity contribution is -0.141. The molecule has 1 aliphatic heterocycles. The van der Waals surface area contributed by atoms with E-state index in [-0.39, 0.29) is 22.7 Å². The number of esters is 1. The van der Waals surface area contributed by atoms with Gasteiger partial charge in [0.2, 0.25) is 0 Å². The molecule has 0 aromatic heterocycles. The molecule has 3 unspecified atom stereocenters. The number of carbonyl (C=O) groups excluding carboxylic acids is 1. The molecular formula is C12H21NO3S. The molecule has 0 radical (unpaired) electrons. The molecular weight excluding hydrogens is 238 g/mol. The largest absolute Gasteiger partial charge is 0.465 e. The summed E-state index contributed by atoms with van der Waals surface area (Å²) in [5.74, 6) is -0.427. The van der Waals surface area contributed by atoms with Crippen molar-refractivity contribution in [3.63, 3.8) is 0 Å². The van der Waals surface area contributed by atoms with Crippen LogP contribution in [0.1, 0.15) is 34.1 Å². The van der Waals surface area contributed by atoms with E-state index in [0.29, 0.717) is 13.0 Å². The van der Waals surface area contributed by atoms with Crippen molar-refractivity contribution in [2.75, 3.05) is 6.61 Å². The van der Waals surface area contributed by atoms with Gasteiger partial charge in [0.15, 0.2) is 0 Å². The maximum atomic E-state index is 12.0. The molecule has 5 heteroatoms. The zero-order valence-corrected chi connectivity index (χ0v) is 11.7. The fourth-order valence-corrected chi connectivity index (χ4v) is 2.44. The average molecular weight is 259 g/mol. The molecule has 0 aromatic rings. The summed E-state index contributed by atoms with van der Waals surface area (Å²) in [6, 6.07) is -0.213. The number of nitrogens with one attached hydrogen (secondary N) is 1. The molecule has 1 aliphatic rings. The van der Waals surface area contributed by atoms with Crippen LogP contribution in [0, 0.1) is 5.92 Å². The molecule has 0 spiro atoms. The molecule has 1 N–H and O–H groups in total. The summed E-state index contributed by atoms with van der Waals surface area (Å²) in [7, 11) is -1.19. The van der Waals surface area contributed by atoms with Gasteiger partial charge in [-0.25, -0.2) is 8.93 Å². The van der Waals surface area contributed by atoms with E-state index in [1.807, 2.05) is 39.8 Å². The highest BCUT2D eigenvalue weighted by Crippen LogP contribution is 2.21. The van der Waals surface area contributed by atoms with Crippen LogP contribution in [0.3, 0.4) is 0 Å². The molecule has 17 heavy (non-hydrogen) atoms. The second kappa shape index (κ2) is 5.78. The van der Waals surface area contributed by atoms with E-state index in [9.17, 15) is 9.00 Å². The monoisotopic (exact) mass is 259 g/mol. The highest BCUT2D eigenvalue weighted by molar-refractivity contribution is 7.84. The minimum Gasteiger partial charge on any atom is -0.465 e. The Hall–Kier alpha value is -0.680. The Kier molecular flexibility index (Phi) is 4.89.